The molecule has 2 rings (SSSR count). The van der Waals surface area contributed by atoms with Gasteiger partial charge in [0.1, 0.15) is 0 Å². The molecule has 1 aliphatic rings. The van der Waals surface area contributed by atoms with Crippen LogP contribution in [0, 0.1) is 5.92 Å². The maximum absolute atomic E-state index is 12.1. The summed E-state index contributed by atoms with van der Waals surface area (Å²) in [6.45, 7) is 2.21. The highest BCUT2D eigenvalue weighted by Crippen LogP contribution is 2.28. The van der Waals surface area contributed by atoms with E-state index in [1.807, 2.05) is 12.1 Å². The van der Waals surface area contributed by atoms with Gasteiger partial charge in [-0.05, 0) is 24.3 Å². The quantitative estimate of drug-likeness (QED) is 0.657. The molecule has 18 heavy (non-hydrogen) atoms. The van der Waals surface area contributed by atoms with Crippen molar-refractivity contribution in [3.63, 3.8) is 0 Å². The van der Waals surface area contributed by atoms with E-state index >= 15 is 0 Å². The molecule has 98 valence electrons. The predicted octanol–water partition coefficient (Wildman–Crippen LogP) is 4.79. The van der Waals surface area contributed by atoms with Crippen molar-refractivity contribution < 1.29 is 4.79 Å². The number of unbranched alkanes of at least 4 members (excludes halogenated alkanes) is 1. The Morgan fingerprint density at radius 1 is 1.17 bits per heavy atom. The summed E-state index contributed by atoms with van der Waals surface area (Å²) in [5.74, 6) is 0.987. The van der Waals surface area contributed by atoms with Gasteiger partial charge in [0.15, 0.2) is 5.78 Å². The molecule has 1 saturated carbocycles. The fraction of sp³-hybridized carbons (Fsp3) is 0.588. The van der Waals surface area contributed by atoms with Crippen LogP contribution in [0.25, 0.3) is 0 Å². The van der Waals surface area contributed by atoms with Crippen LogP contribution in [0.3, 0.4) is 0 Å². The van der Waals surface area contributed by atoms with Crippen LogP contribution in [-0.2, 0) is 6.42 Å². The van der Waals surface area contributed by atoms with Gasteiger partial charge in [0, 0.05) is 12.0 Å². The van der Waals surface area contributed by atoms with E-state index in [2.05, 4.69) is 19.1 Å². The summed E-state index contributed by atoms with van der Waals surface area (Å²) in [6, 6.07) is 8.28. The lowest BCUT2D eigenvalue weighted by atomic mass is 9.96. The van der Waals surface area contributed by atoms with Gasteiger partial charge in [0.05, 0.1) is 0 Å². The molecule has 1 aliphatic carbocycles. The first kappa shape index (κ1) is 13.3. The molecule has 0 N–H and O–H groups in total. The molecule has 1 heteroatoms. The summed E-state index contributed by atoms with van der Waals surface area (Å²) in [6.07, 6.45) is 9.47. The van der Waals surface area contributed by atoms with E-state index in [1.54, 1.807) is 0 Å². The molecule has 0 aliphatic heterocycles. The molecule has 0 saturated heterocycles. The number of hydrogen-bond donors (Lipinski definition) is 0. The van der Waals surface area contributed by atoms with Crippen LogP contribution < -0.4 is 0 Å². The molecule has 0 bridgehead atoms. The van der Waals surface area contributed by atoms with Gasteiger partial charge in [-0.2, -0.15) is 0 Å². The Bertz CT molecular complexity index is 371. The predicted molar refractivity (Wildman–Crippen MR) is 76.0 cm³/mol. The first-order valence-electron chi connectivity index (χ1n) is 7.41. The maximum atomic E-state index is 12.1. The monoisotopic (exact) mass is 244 g/mol. The van der Waals surface area contributed by atoms with Crippen molar-refractivity contribution in [3.05, 3.63) is 35.4 Å². The molecule has 1 aromatic rings. The largest absolute Gasteiger partial charge is 0.294 e. The molecule has 1 nitrogen and oxygen atoms in total. The van der Waals surface area contributed by atoms with E-state index in [1.165, 1.54) is 44.1 Å². The lowest BCUT2D eigenvalue weighted by molar-refractivity contribution is 0.0962. The normalized spacial score (nSPS) is 16.1. The Labute approximate surface area is 111 Å². The van der Waals surface area contributed by atoms with Crippen molar-refractivity contribution in [2.75, 3.05) is 0 Å². The molecule has 0 atom stereocenters. The zero-order valence-electron chi connectivity index (χ0n) is 11.5. The van der Waals surface area contributed by atoms with Crippen LogP contribution in [0.4, 0.5) is 0 Å². The second kappa shape index (κ2) is 6.72. The van der Waals surface area contributed by atoms with E-state index in [0.717, 1.165) is 18.4 Å². The van der Waals surface area contributed by atoms with Gasteiger partial charge in [-0.3, -0.25) is 4.79 Å². The number of ketones is 1. The number of Topliss-reactive ketones (excluding diaryl/α,β-unsaturated/α-hetero) is 1. The average Bonchev–Trinajstić information content (AvgIpc) is 2.89. The van der Waals surface area contributed by atoms with E-state index in [-0.39, 0.29) is 0 Å². The summed E-state index contributed by atoms with van der Waals surface area (Å²) >= 11 is 0. The fourth-order valence-electron chi connectivity index (χ4n) is 2.83. The number of carbonyl (C=O) groups is 1. The van der Waals surface area contributed by atoms with Gasteiger partial charge in [-0.1, -0.05) is 63.3 Å². The van der Waals surface area contributed by atoms with Crippen LogP contribution in [0.1, 0.15) is 67.8 Å². The van der Waals surface area contributed by atoms with E-state index in [0.29, 0.717) is 11.7 Å². The third kappa shape index (κ3) is 3.69. The van der Waals surface area contributed by atoms with Gasteiger partial charge in [0.2, 0.25) is 0 Å². The summed E-state index contributed by atoms with van der Waals surface area (Å²) in [5.41, 5.74) is 2.26. The highest BCUT2D eigenvalue weighted by molar-refractivity contribution is 5.96. The lowest BCUT2D eigenvalue weighted by Gasteiger charge is -2.08. The summed E-state index contributed by atoms with van der Waals surface area (Å²) in [5, 5.41) is 0. The number of rotatable bonds is 6. The molecule has 0 amide bonds. The summed E-state index contributed by atoms with van der Waals surface area (Å²) in [4.78, 5) is 12.1. The zero-order chi connectivity index (χ0) is 12.8. The minimum atomic E-state index is 0.337. The van der Waals surface area contributed by atoms with E-state index in [9.17, 15) is 4.79 Å². The van der Waals surface area contributed by atoms with E-state index < -0.39 is 0 Å². The van der Waals surface area contributed by atoms with Crippen LogP contribution >= 0.6 is 0 Å². The molecular formula is C17H24O. The Balaban J connectivity index is 1.89. The smallest absolute Gasteiger partial charge is 0.163 e. The number of carbonyl (C=O) groups excluding carboxylic acids is 1. The molecule has 1 aromatic carbocycles. The van der Waals surface area contributed by atoms with Crippen molar-refractivity contribution in [1.29, 1.82) is 0 Å². The van der Waals surface area contributed by atoms with Crippen molar-refractivity contribution >= 4 is 5.78 Å². The molecule has 0 spiro atoms. The van der Waals surface area contributed by atoms with Crippen molar-refractivity contribution in [2.24, 2.45) is 5.92 Å². The SMILES string of the molecule is CCCCc1ccc(C(=O)CC2CCCC2)cc1. The van der Waals surface area contributed by atoms with Crippen LogP contribution in [0.5, 0.6) is 0 Å². The molecule has 0 aromatic heterocycles. The van der Waals surface area contributed by atoms with Crippen LogP contribution in [0.2, 0.25) is 0 Å². The minimum Gasteiger partial charge on any atom is -0.294 e. The standard InChI is InChI=1S/C17H24O/c1-2-3-6-14-9-11-16(12-10-14)17(18)13-15-7-4-5-8-15/h9-12,15H,2-8,13H2,1H3. The van der Waals surface area contributed by atoms with Crippen molar-refractivity contribution in [1.82, 2.24) is 0 Å². The Hall–Kier alpha value is -1.11. The lowest BCUT2D eigenvalue weighted by Crippen LogP contribution is -2.05. The van der Waals surface area contributed by atoms with Crippen molar-refractivity contribution in [3.8, 4) is 0 Å². The summed E-state index contributed by atoms with van der Waals surface area (Å²) < 4.78 is 0. The van der Waals surface area contributed by atoms with Gasteiger partial charge in [-0.15, -0.1) is 0 Å². The zero-order valence-corrected chi connectivity index (χ0v) is 11.5. The molecule has 0 unspecified atom stereocenters. The number of benzene rings is 1. The van der Waals surface area contributed by atoms with Gasteiger partial charge in [0.25, 0.3) is 0 Å². The molecule has 0 radical (unpaired) electrons. The Morgan fingerprint density at radius 3 is 2.44 bits per heavy atom. The molecule has 0 heterocycles. The van der Waals surface area contributed by atoms with Crippen LogP contribution in [-0.4, -0.2) is 5.78 Å². The highest BCUT2D eigenvalue weighted by atomic mass is 16.1. The Morgan fingerprint density at radius 2 is 1.83 bits per heavy atom. The molecule has 1 fully saturated rings. The first-order chi connectivity index (χ1) is 8.79. The Kier molecular flexibility index (Phi) is 4.98. The average molecular weight is 244 g/mol. The first-order valence-corrected chi connectivity index (χ1v) is 7.41. The van der Waals surface area contributed by atoms with Gasteiger partial charge >= 0.3 is 0 Å². The topological polar surface area (TPSA) is 17.1 Å². The highest BCUT2D eigenvalue weighted by Gasteiger charge is 2.19. The molecular weight excluding hydrogens is 220 g/mol. The third-order valence-electron chi connectivity index (χ3n) is 4.04. The number of aryl methyl sites for hydroxylation is 1. The van der Waals surface area contributed by atoms with Gasteiger partial charge < -0.3 is 0 Å². The summed E-state index contributed by atoms with van der Waals surface area (Å²) in [7, 11) is 0. The van der Waals surface area contributed by atoms with Crippen molar-refractivity contribution in [2.45, 2.75) is 58.3 Å². The minimum absolute atomic E-state index is 0.337. The third-order valence-corrected chi connectivity index (χ3v) is 4.04. The maximum Gasteiger partial charge on any atom is 0.163 e. The second-order valence-electron chi connectivity index (χ2n) is 5.58. The second-order valence-corrected chi connectivity index (χ2v) is 5.58. The number of hydrogen-bond acceptors (Lipinski definition) is 1. The van der Waals surface area contributed by atoms with Gasteiger partial charge in [-0.25, -0.2) is 0 Å². The van der Waals surface area contributed by atoms with E-state index in [4.69, 9.17) is 0 Å². The fourth-order valence-corrected chi connectivity index (χ4v) is 2.83. The van der Waals surface area contributed by atoms with Crippen LogP contribution in [0.15, 0.2) is 24.3 Å².